The van der Waals surface area contributed by atoms with Crippen LogP contribution in [0, 0.1) is 23.7 Å². The van der Waals surface area contributed by atoms with E-state index in [4.69, 9.17) is 24.0 Å². The molecule has 0 amide bonds. The average molecular weight is 314 g/mol. The molecule has 0 aromatic rings. The largest absolute Gasteiger partial charge is 0.393 e. The van der Waals surface area contributed by atoms with Gasteiger partial charge in [0.1, 0.15) is 0 Å². The minimum absolute atomic E-state index is 0.0787. The van der Waals surface area contributed by atoms with E-state index >= 15 is 0 Å². The maximum Gasteiger partial charge on any atom is 0.201 e. The zero-order chi connectivity index (χ0) is 15.7. The van der Waals surface area contributed by atoms with Gasteiger partial charge in [0.25, 0.3) is 0 Å². The van der Waals surface area contributed by atoms with E-state index in [2.05, 4.69) is 13.8 Å². The fourth-order valence-electron chi connectivity index (χ4n) is 5.10. The average Bonchev–Trinajstić information content (AvgIpc) is 2.72. The van der Waals surface area contributed by atoms with Crippen LogP contribution in [0.2, 0.25) is 0 Å². The van der Waals surface area contributed by atoms with Gasteiger partial charge >= 0.3 is 0 Å². The van der Waals surface area contributed by atoms with Crippen LogP contribution in [0.25, 0.3) is 0 Å². The molecule has 0 aromatic carbocycles. The molecule has 4 aliphatic heterocycles. The monoisotopic (exact) mass is 314 g/mol. The predicted molar refractivity (Wildman–Crippen MR) is 75.2 cm³/mol. The fraction of sp³-hybridized carbons (Fsp3) is 1.00. The Kier molecular flexibility index (Phi) is 3.39. The van der Waals surface area contributed by atoms with Crippen LogP contribution in [0.4, 0.5) is 0 Å². The van der Waals surface area contributed by atoms with Gasteiger partial charge in [0.05, 0.1) is 6.10 Å². The second-order valence-electron chi connectivity index (χ2n) is 7.62. The third-order valence-electron chi connectivity index (χ3n) is 6.45. The molecule has 4 saturated heterocycles. The van der Waals surface area contributed by atoms with Gasteiger partial charge in [0.2, 0.25) is 5.79 Å². The number of aliphatic hydroxyl groups excluding tert-OH is 1. The third-order valence-corrected chi connectivity index (χ3v) is 6.45. The number of aliphatic hydroxyl groups is 1. The van der Waals surface area contributed by atoms with Gasteiger partial charge in [-0.3, -0.25) is 0 Å². The minimum Gasteiger partial charge on any atom is -0.393 e. The molecule has 1 saturated carbocycles. The van der Waals surface area contributed by atoms with Crippen LogP contribution in [0.5, 0.6) is 0 Å². The van der Waals surface area contributed by atoms with Crippen LogP contribution in [-0.2, 0) is 24.0 Å². The molecule has 5 aliphatic rings. The first kappa shape index (κ1) is 15.3. The Hall–Kier alpha value is -0.240. The molecule has 5 rings (SSSR count). The second kappa shape index (κ2) is 4.88. The molecule has 0 radical (unpaired) electrons. The van der Waals surface area contributed by atoms with Crippen molar-refractivity contribution in [1.29, 1.82) is 0 Å². The van der Waals surface area contributed by atoms with Crippen LogP contribution in [0.1, 0.15) is 40.0 Å². The highest BCUT2D eigenvalue weighted by molar-refractivity contribution is 5.10. The van der Waals surface area contributed by atoms with E-state index in [0.29, 0.717) is 6.42 Å². The minimum atomic E-state index is -0.790. The molecule has 126 valence electrons. The first-order chi connectivity index (χ1) is 10.4. The molecule has 4 heterocycles. The molecule has 1 spiro atoms. The summed E-state index contributed by atoms with van der Waals surface area (Å²) in [7, 11) is 1.65. The molecule has 0 unspecified atom stereocenters. The lowest BCUT2D eigenvalue weighted by Gasteiger charge is -2.60. The lowest BCUT2D eigenvalue weighted by molar-refractivity contribution is -0.578. The second-order valence-corrected chi connectivity index (χ2v) is 7.62. The van der Waals surface area contributed by atoms with Crippen LogP contribution in [0.15, 0.2) is 0 Å². The number of hydrogen-bond donors (Lipinski definition) is 1. The molecule has 9 atom stereocenters. The van der Waals surface area contributed by atoms with Gasteiger partial charge in [0.15, 0.2) is 18.2 Å². The molecular formula is C16H26O6. The quantitative estimate of drug-likeness (QED) is 0.745. The number of rotatable bonds is 1. The van der Waals surface area contributed by atoms with Gasteiger partial charge in [-0.25, -0.2) is 9.78 Å². The molecule has 2 bridgehead atoms. The zero-order valence-electron chi connectivity index (χ0n) is 13.7. The number of hydrogen-bond acceptors (Lipinski definition) is 6. The Bertz CT molecular complexity index is 454. The zero-order valence-corrected chi connectivity index (χ0v) is 13.7. The summed E-state index contributed by atoms with van der Waals surface area (Å²) >= 11 is 0. The maximum atomic E-state index is 10.6. The highest BCUT2D eigenvalue weighted by atomic mass is 17.3. The van der Waals surface area contributed by atoms with Crippen molar-refractivity contribution in [2.75, 3.05) is 7.11 Å². The van der Waals surface area contributed by atoms with Crippen molar-refractivity contribution >= 4 is 0 Å². The van der Waals surface area contributed by atoms with Gasteiger partial charge in [0, 0.05) is 31.3 Å². The summed E-state index contributed by atoms with van der Waals surface area (Å²) in [5.74, 6) is -0.339. The summed E-state index contributed by atoms with van der Waals surface area (Å²) < 4.78 is 17.8. The SMILES string of the molecule is CO[C@H]1O[C@@H]2O[C@@]3(C)CC[C@H]4[C@H](C)[C@H](O)C[C@@H]([C@H]1C)[C@@]24OO3. The van der Waals surface area contributed by atoms with Crippen molar-refractivity contribution in [3.63, 3.8) is 0 Å². The molecular weight excluding hydrogens is 288 g/mol. The summed E-state index contributed by atoms with van der Waals surface area (Å²) in [5.41, 5.74) is -0.650. The van der Waals surface area contributed by atoms with Crippen molar-refractivity contribution in [2.24, 2.45) is 23.7 Å². The molecule has 6 heteroatoms. The Morgan fingerprint density at radius 1 is 1.14 bits per heavy atom. The first-order valence-corrected chi connectivity index (χ1v) is 8.32. The summed E-state index contributed by atoms with van der Waals surface area (Å²) in [6, 6.07) is 0. The van der Waals surface area contributed by atoms with Crippen LogP contribution in [-0.4, -0.2) is 42.3 Å². The smallest absolute Gasteiger partial charge is 0.201 e. The van der Waals surface area contributed by atoms with Crippen LogP contribution >= 0.6 is 0 Å². The van der Waals surface area contributed by atoms with E-state index in [-0.39, 0.29) is 36.1 Å². The molecule has 6 nitrogen and oxygen atoms in total. The molecule has 1 N–H and O–H groups in total. The van der Waals surface area contributed by atoms with Gasteiger partial charge in [-0.05, 0) is 25.7 Å². The summed E-state index contributed by atoms with van der Waals surface area (Å²) in [5, 5.41) is 10.6. The lowest BCUT2D eigenvalue weighted by Crippen LogP contribution is -2.72. The standard InChI is InChI=1S/C16H26O6/c1-8-10-5-6-15(3)20-14-16(10,22-21-15)11(7-12(8)17)9(2)13(18-4)19-14/h8-14,17H,5-7H2,1-4H3/t8-,9+,10-,11-,12+,13-,14+,15+,16+/m0/s1. The highest BCUT2D eigenvalue weighted by Crippen LogP contribution is 2.60. The first-order valence-electron chi connectivity index (χ1n) is 8.32. The van der Waals surface area contributed by atoms with Crippen molar-refractivity contribution in [3.8, 4) is 0 Å². The lowest BCUT2D eigenvalue weighted by atomic mass is 9.57. The Morgan fingerprint density at radius 2 is 1.91 bits per heavy atom. The van der Waals surface area contributed by atoms with E-state index in [1.807, 2.05) is 6.92 Å². The van der Waals surface area contributed by atoms with Gasteiger partial charge in [-0.1, -0.05) is 13.8 Å². The third kappa shape index (κ3) is 1.82. The van der Waals surface area contributed by atoms with Crippen molar-refractivity contribution < 1.29 is 29.1 Å². The summed E-state index contributed by atoms with van der Waals surface area (Å²) in [6.45, 7) is 6.07. The van der Waals surface area contributed by atoms with Gasteiger partial charge in [-0.15, -0.1) is 0 Å². The Balaban J connectivity index is 1.81. The number of fused-ring (bicyclic) bond motifs is 2. The highest BCUT2D eigenvalue weighted by Gasteiger charge is 2.70. The van der Waals surface area contributed by atoms with E-state index in [0.717, 1.165) is 12.8 Å². The van der Waals surface area contributed by atoms with Crippen molar-refractivity contribution in [2.45, 2.75) is 70.1 Å². The molecule has 5 fully saturated rings. The number of ether oxygens (including phenoxy) is 3. The summed E-state index contributed by atoms with van der Waals surface area (Å²) in [6.07, 6.45) is 1.08. The molecule has 0 aromatic heterocycles. The Morgan fingerprint density at radius 3 is 2.64 bits per heavy atom. The number of methoxy groups -OCH3 is 1. The van der Waals surface area contributed by atoms with E-state index in [1.54, 1.807) is 7.11 Å². The molecule has 1 aliphatic carbocycles. The van der Waals surface area contributed by atoms with Crippen LogP contribution in [0.3, 0.4) is 0 Å². The summed E-state index contributed by atoms with van der Waals surface area (Å²) in [4.78, 5) is 11.7. The topological polar surface area (TPSA) is 66.4 Å². The predicted octanol–water partition coefficient (Wildman–Crippen LogP) is 1.81. The maximum absolute atomic E-state index is 10.6. The van der Waals surface area contributed by atoms with E-state index in [9.17, 15) is 5.11 Å². The van der Waals surface area contributed by atoms with Gasteiger partial charge < -0.3 is 19.3 Å². The van der Waals surface area contributed by atoms with Gasteiger partial charge in [-0.2, -0.15) is 0 Å². The molecule has 22 heavy (non-hydrogen) atoms. The van der Waals surface area contributed by atoms with Crippen LogP contribution < -0.4 is 0 Å². The normalized spacial score (nSPS) is 60.7. The Labute approximate surface area is 130 Å². The fourth-order valence-corrected chi connectivity index (χ4v) is 5.10. The van der Waals surface area contributed by atoms with Crippen molar-refractivity contribution in [3.05, 3.63) is 0 Å². The van der Waals surface area contributed by atoms with E-state index < -0.39 is 17.7 Å². The van der Waals surface area contributed by atoms with Crippen molar-refractivity contribution in [1.82, 2.24) is 0 Å². The van der Waals surface area contributed by atoms with E-state index in [1.165, 1.54) is 0 Å².